The Morgan fingerprint density at radius 2 is 2.35 bits per heavy atom. The fraction of sp³-hybridized carbons (Fsp3) is 0.615. The maximum atomic E-state index is 12.8. The minimum atomic E-state index is -0.664. The molecule has 1 fully saturated rings. The first-order valence-electron chi connectivity index (χ1n) is 7.17. The van der Waals surface area contributed by atoms with E-state index in [2.05, 4.69) is 25.2 Å². The predicted octanol–water partition coefficient (Wildman–Crippen LogP) is 0.656. The Labute approximate surface area is 118 Å². The van der Waals surface area contributed by atoms with Crippen LogP contribution in [0.1, 0.15) is 19.8 Å². The Morgan fingerprint density at radius 1 is 1.45 bits per heavy atom. The third-order valence-corrected chi connectivity index (χ3v) is 3.83. The highest BCUT2D eigenvalue weighted by atomic mass is 16.6. The van der Waals surface area contributed by atoms with Gasteiger partial charge in [0, 0.05) is 38.3 Å². The fourth-order valence-electron chi connectivity index (χ4n) is 2.67. The SMILES string of the molecule is CCC1N=CC=C2N=C(N3CCCNCC3)N=C[N+]21[O-]. The van der Waals surface area contributed by atoms with E-state index in [0.717, 1.165) is 32.6 Å². The molecule has 3 aliphatic rings. The van der Waals surface area contributed by atoms with Gasteiger partial charge in [-0.05, 0) is 13.0 Å². The van der Waals surface area contributed by atoms with Crippen molar-refractivity contribution < 1.29 is 4.65 Å². The Balaban J connectivity index is 1.85. The molecule has 3 rings (SSSR count). The lowest BCUT2D eigenvalue weighted by atomic mass is 10.3. The molecule has 0 aromatic rings. The molecule has 1 N–H and O–H groups in total. The van der Waals surface area contributed by atoms with E-state index < -0.39 is 4.65 Å². The van der Waals surface area contributed by atoms with E-state index in [0.29, 0.717) is 18.2 Å². The number of guanidine groups is 1. The van der Waals surface area contributed by atoms with Crippen LogP contribution in [0, 0.1) is 5.21 Å². The second kappa shape index (κ2) is 5.43. The summed E-state index contributed by atoms with van der Waals surface area (Å²) in [6, 6.07) is 0. The molecule has 2 unspecified atom stereocenters. The van der Waals surface area contributed by atoms with E-state index in [4.69, 9.17) is 0 Å². The number of rotatable bonds is 1. The van der Waals surface area contributed by atoms with Crippen LogP contribution in [0.5, 0.6) is 0 Å². The number of allylic oxidation sites excluding steroid dienone is 1. The minimum absolute atomic E-state index is 0.366. The Hall–Kier alpha value is -1.57. The summed E-state index contributed by atoms with van der Waals surface area (Å²) in [5, 5.41) is 16.2. The summed E-state index contributed by atoms with van der Waals surface area (Å²) in [6.45, 7) is 5.68. The zero-order valence-electron chi connectivity index (χ0n) is 11.7. The van der Waals surface area contributed by atoms with Crippen molar-refractivity contribution in [1.82, 2.24) is 10.2 Å². The summed E-state index contributed by atoms with van der Waals surface area (Å²) in [5.74, 6) is 1.13. The molecule has 0 aromatic heterocycles. The van der Waals surface area contributed by atoms with Crippen molar-refractivity contribution in [2.45, 2.75) is 25.9 Å². The van der Waals surface area contributed by atoms with Crippen LogP contribution in [0.2, 0.25) is 0 Å². The van der Waals surface area contributed by atoms with E-state index in [-0.39, 0.29) is 6.17 Å². The number of fused-ring (bicyclic) bond motifs is 1. The highest BCUT2D eigenvalue weighted by molar-refractivity contribution is 5.89. The van der Waals surface area contributed by atoms with Crippen molar-refractivity contribution in [3.05, 3.63) is 17.1 Å². The van der Waals surface area contributed by atoms with Crippen LogP contribution in [-0.2, 0) is 0 Å². The van der Waals surface area contributed by atoms with E-state index in [1.807, 2.05) is 6.92 Å². The molecule has 7 nitrogen and oxygen atoms in total. The van der Waals surface area contributed by atoms with Crippen molar-refractivity contribution in [3.8, 4) is 0 Å². The summed E-state index contributed by atoms with van der Waals surface area (Å²) in [7, 11) is 0. The van der Waals surface area contributed by atoms with Crippen LogP contribution < -0.4 is 5.32 Å². The second-order valence-corrected chi connectivity index (χ2v) is 5.17. The molecule has 0 aliphatic carbocycles. The van der Waals surface area contributed by atoms with Crippen molar-refractivity contribution >= 4 is 18.5 Å². The molecule has 0 bridgehead atoms. The number of quaternary nitrogens is 1. The standard InChI is InChI=1S/C13H20N6O/c1-2-11-15-6-4-12-17-13(16-10-19(11,12)20)18-8-3-5-14-7-9-18/h4,6,10-11,14H,2-3,5,7-9H2,1H3. The summed E-state index contributed by atoms with van der Waals surface area (Å²) < 4.78 is -0.664. The predicted molar refractivity (Wildman–Crippen MR) is 79.3 cm³/mol. The van der Waals surface area contributed by atoms with E-state index in [1.165, 1.54) is 6.34 Å². The maximum absolute atomic E-state index is 12.8. The van der Waals surface area contributed by atoms with Gasteiger partial charge in [0.2, 0.25) is 18.1 Å². The number of nitrogens with zero attached hydrogens (tertiary/aromatic N) is 5. The molecule has 1 saturated heterocycles. The van der Waals surface area contributed by atoms with E-state index in [1.54, 1.807) is 12.3 Å². The number of aliphatic imine (C=N–C) groups is 3. The zero-order chi connectivity index (χ0) is 14.0. The number of hydrogen-bond acceptors (Lipinski definition) is 6. The summed E-state index contributed by atoms with van der Waals surface area (Å²) in [4.78, 5) is 15.2. The molecule has 0 aromatic carbocycles. The van der Waals surface area contributed by atoms with Crippen molar-refractivity contribution in [2.24, 2.45) is 15.0 Å². The molecule has 0 saturated carbocycles. The van der Waals surface area contributed by atoms with Crippen LogP contribution in [0.3, 0.4) is 0 Å². The maximum Gasteiger partial charge on any atom is 0.240 e. The lowest BCUT2D eigenvalue weighted by Gasteiger charge is -2.44. The smallest absolute Gasteiger partial charge is 0.240 e. The second-order valence-electron chi connectivity index (χ2n) is 5.17. The van der Waals surface area contributed by atoms with Gasteiger partial charge in [0.25, 0.3) is 0 Å². The van der Waals surface area contributed by atoms with Gasteiger partial charge in [0.1, 0.15) is 0 Å². The molecule has 108 valence electrons. The number of hydrogen-bond donors (Lipinski definition) is 1. The first kappa shape index (κ1) is 13.4. The molecular weight excluding hydrogens is 256 g/mol. The van der Waals surface area contributed by atoms with Gasteiger partial charge < -0.3 is 15.4 Å². The van der Waals surface area contributed by atoms with Gasteiger partial charge in [0.15, 0.2) is 6.17 Å². The average molecular weight is 276 g/mol. The van der Waals surface area contributed by atoms with Crippen LogP contribution in [0.25, 0.3) is 0 Å². The average Bonchev–Trinajstić information content (AvgIpc) is 2.75. The lowest BCUT2D eigenvalue weighted by molar-refractivity contribution is -0.772. The zero-order valence-corrected chi connectivity index (χ0v) is 11.7. The molecule has 7 heteroatoms. The molecule has 3 aliphatic heterocycles. The molecule has 0 radical (unpaired) electrons. The first-order chi connectivity index (χ1) is 9.74. The number of hydroxylamine groups is 3. The Kier molecular flexibility index (Phi) is 3.64. The first-order valence-corrected chi connectivity index (χ1v) is 7.17. The van der Waals surface area contributed by atoms with Crippen molar-refractivity contribution in [2.75, 3.05) is 26.2 Å². The Bertz CT molecular complexity index is 489. The molecule has 3 heterocycles. The normalized spacial score (nSPS) is 33.3. The molecule has 20 heavy (non-hydrogen) atoms. The minimum Gasteiger partial charge on any atom is -0.618 e. The topological polar surface area (TPSA) is 75.4 Å². The van der Waals surface area contributed by atoms with Crippen molar-refractivity contribution in [1.29, 1.82) is 0 Å². The fourth-order valence-corrected chi connectivity index (χ4v) is 2.67. The van der Waals surface area contributed by atoms with Crippen LogP contribution >= 0.6 is 0 Å². The highest BCUT2D eigenvalue weighted by Crippen LogP contribution is 2.28. The molecule has 0 amide bonds. The molecular formula is C13H20N6O. The van der Waals surface area contributed by atoms with Crippen LogP contribution in [0.4, 0.5) is 0 Å². The highest BCUT2D eigenvalue weighted by Gasteiger charge is 2.36. The van der Waals surface area contributed by atoms with Gasteiger partial charge in [-0.1, -0.05) is 6.92 Å². The largest absolute Gasteiger partial charge is 0.618 e. The van der Waals surface area contributed by atoms with Gasteiger partial charge in [-0.3, -0.25) is 0 Å². The number of nitrogens with one attached hydrogen (secondary N) is 1. The van der Waals surface area contributed by atoms with Gasteiger partial charge in [0.05, 0.1) is 0 Å². The van der Waals surface area contributed by atoms with Gasteiger partial charge in [-0.15, -0.1) is 0 Å². The van der Waals surface area contributed by atoms with E-state index >= 15 is 0 Å². The molecule has 2 atom stereocenters. The third kappa shape index (κ3) is 2.28. The van der Waals surface area contributed by atoms with Crippen LogP contribution in [-0.4, -0.2) is 60.4 Å². The van der Waals surface area contributed by atoms with Gasteiger partial charge in [-0.25, -0.2) is 9.64 Å². The summed E-state index contributed by atoms with van der Waals surface area (Å²) in [6.07, 6.45) is 6.18. The van der Waals surface area contributed by atoms with Gasteiger partial charge >= 0.3 is 0 Å². The van der Waals surface area contributed by atoms with Crippen LogP contribution in [0.15, 0.2) is 26.9 Å². The van der Waals surface area contributed by atoms with Gasteiger partial charge in [-0.2, -0.15) is 9.98 Å². The summed E-state index contributed by atoms with van der Waals surface area (Å²) in [5.41, 5.74) is 0. The summed E-state index contributed by atoms with van der Waals surface area (Å²) >= 11 is 0. The quantitative estimate of drug-likeness (QED) is 0.564. The molecule has 0 spiro atoms. The third-order valence-electron chi connectivity index (χ3n) is 3.83. The van der Waals surface area contributed by atoms with E-state index in [9.17, 15) is 5.21 Å². The lowest BCUT2D eigenvalue weighted by Crippen LogP contribution is -2.51. The Morgan fingerprint density at radius 3 is 3.20 bits per heavy atom. The monoisotopic (exact) mass is 276 g/mol. The van der Waals surface area contributed by atoms with Crippen molar-refractivity contribution in [3.63, 3.8) is 0 Å².